The Morgan fingerprint density at radius 1 is 0.275 bits per heavy atom. The summed E-state index contributed by atoms with van der Waals surface area (Å²) < 4.78 is 382. The molecular weight excluding hydrogens is 1850 g/mol. The van der Waals surface area contributed by atoms with E-state index in [1.165, 1.54) is 20.8 Å². The van der Waals surface area contributed by atoms with Gasteiger partial charge in [0.2, 0.25) is 17.5 Å². The molecule has 0 radical (unpaired) electrons. The minimum Gasteiger partial charge on any atom is -0.465 e. The molecule has 0 saturated heterocycles. The number of halogens is 24. The predicted molar refractivity (Wildman–Crippen MR) is 401 cm³/mol. The van der Waals surface area contributed by atoms with E-state index in [-0.39, 0.29) is 82.7 Å². The van der Waals surface area contributed by atoms with Crippen molar-refractivity contribution >= 4 is 83.6 Å². The zero-order chi connectivity index (χ0) is 104. The van der Waals surface area contributed by atoms with Crippen molar-refractivity contribution in [2.45, 2.75) is 292 Å². The molecule has 2 aliphatic rings. The highest BCUT2D eigenvalue weighted by Gasteiger charge is 3.01. The van der Waals surface area contributed by atoms with Crippen LogP contribution in [0.4, 0.5) is 105 Å². The summed E-state index contributed by atoms with van der Waals surface area (Å²) in [5.74, 6) is -78.9. The molecule has 2 saturated carbocycles. The highest BCUT2D eigenvalue weighted by atomic mass is 19.4. The first kappa shape index (κ1) is 128. The Kier molecular flexibility index (Phi) is 53.1. The average Bonchev–Trinajstić information content (AvgIpc) is 0.667. The van der Waals surface area contributed by atoms with Crippen LogP contribution in [0.25, 0.3) is 0 Å². The lowest BCUT2D eigenvalue weighted by Crippen LogP contribution is -2.84. The molecule has 2 rings (SSSR count). The summed E-state index contributed by atoms with van der Waals surface area (Å²) in [6, 6.07) is 0. The lowest BCUT2D eigenvalue weighted by molar-refractivity contribution is -0.487. The largest absolute Gasteiger partial charge is 0.465 e. The monoisotopic (exact) mass is 1970 g/mol. The zero-order valence-electron chi connectivity index (χ0n) is 75.3. The third-order valence-corrected chi connectivity index (χ3v) is 18.9. The fourth-order valence-electron chi connectivity index (χ4n) is 8.14. The molecule has 28 nitrogen and oxygen atoms in total. The van der Waals surface area contributed by atoms with Crippen LogP contribution < -0.4 is 0 Å². The summed E-state index contributed by atoms with van der Waals surface area (Å²) in [5.41, 5.74) is -13.6. The number of hydrogen-bond acceptors (Lipinski definition) is 28. The number of carbonyl (C=O) groups excluding carboxylic acids is 14. The van der Waals surface area contributed by atoms with E-state index in [4.69, 9.17) is 14.2 Å². The maximum absolute atomic E-state index is 14.3. The number of alkyl halides is 24. The van der Waals surface area contributed by atoms with Gasteiger partial charge in [-0.2, -0.15) is 79.0 Å². The van der Waals surface area contributed by atoms with Gasteiger partial charge in [0.1, 0.15) is 39.6 Å². The molecule has 131 heavy (non-hydrogen) atoms. The standard InChI is InChI=1S/C16H17F11O4.C15H17F9O4.C13H22F2O4.C12H20F2O4.C12H20O6.C11H18O6/c1-4-10(2,3)9(29)30-6-5-8(28)31-7-11(17)12(18,19)14(22,23)16(26,27)15(24,25)13(11,20)21;1-3-8(2)10(26)27-5-4-9(25)28-7-11(16)6-12(17,18)14(21,22)15(23,24)13(11,19)20;1-5-12(2,3)11(17)19-8-6-10(16)18-9-7-13(4,14)15;1-4-9(2)11(16)18-7-5-10(15)17-8-6-12(3,13)14;1-5-12(3,4)11(15)18-8-10(14)17-7-9(13)16-6-2;1-4-8(3)11(14)17-7-10(13)16-6-9(12)15-5-2/h4-7H2,1-3H3;8H,3-7H2,1-2H3;5-9H2,1-4H3;9H,4-8H2,1-3H3;5-8H2,1-4H3;8H,4-7H2,1-3H3. The number of rotatable bonds is 44. The highest BCUT2D eigenvalue weighted by Crippen LogP contribution is 2.70. The Bertz CT molecular complexity index is 3630. The first-order valence-corrected chi connectivity index (χ1v) is 40.0. The Balaban J connectivity index is -0.000000752. The summed E-state index contributed by atoms with van der Waals surface area (Å²) in [4.78, 5) is 157. The van der Waals surface area contributed by atoms with Crippen LogP contribution in [0.15, 0.2) is 0 Å². The minimum absolute atomic E-state index is 0.0788. The summed E-state index contributed by atoms with van der Waals surface area (Å²) >= 11 is 0. The van der Waals surface area contributed by atoms with E-state index < -0.39 is 255 Å². The average molecular weight is 1970 g/mol. The van der Waals surface area contributed by atoms with Crippen LogP contribution in [0.1, 0.15) is 215 Å². The molecule has 0 spiro atoms. The van der Waals surface area contributed by atoms with Crippen LogP contribution in [-0.4, -0.2) is 253 Å². The maximum Gasteiger partial charge on any atom is 0.384 e. The van der Waals surface area contributed by atoms with Crippen molar-refractivity contribution in [2.75, 3.05) is 92.5 Å². The van der Waals surface area contributed by atoms with Crippen LogP contribution in [0.5, 0.6) is 0 Å². The van der Waals surface area contributed by atoms with E-state index in [0.717, 1.165) is 13.8 Å². The van der Waals surface area contributed by atoms with Crippen LogP contribution in [-0.2, 0) is 133 Å². The molecule has 0 heterocycles. The van der Waals surface area contributed by atoms with Crippen molar-refractivity contribution in [1.29, 1.82) is 0 Å². The second-order valence-electron chi connectivity index (χ2n) is 31.0. The molecule has 0 N–H and O–H groups in total. The molecule has 2 fully saturated rings. The van der Waals surface area contributed by atoms with Crippen molar-refractivity contribution in [2.24, 2.45) is 34.0 Å². The first-order valence-electron chi connectivity index (χ1n) is 40.0. The zero-order valence-corrected chi connectivity index (χ0v) is 75.3. The molecule has 4 atom stereocenters. The van der Waals surface area contributed by atoms with Crippen LogP contribution in [0, 0.1) is 34.0 Å². The van der Waals surface area contributed by atoms with Gasteiger partial charge in [-0.1, -0.05) is 62.3 Å². The Morgan fingerprint density at radius 2 is 0.527 bits per heavy atom. The van der Waals surface area contributed by atoms with Gasteiger partial charge < -0.3 is 66.3 Å². The second-order valence-corrected chi connectivity index (χ2v) is 31.0. The lowest BCUT2D eigenvalue weighted by atomic mass is 9.72. The van der Waals surface area contributed by atoms with Gasteiger partial charge >= 0.3 is 137 Å². The number of esters is 14. The number of ether oxygens (including phenoxy) is 14. The molecule has 0 aromatic heterocycles. The van der Waals surface area contributed by atoms with Crippen LogP contribution in [0.3, 0.4) is 0 Å². The second kappa shape index (κ2) is 54.3. The molecule has 0 bridgehead atoms. The third kappa shape index (κ3) is 39.5. The normalized spacial score (nSPS) is 18.4. The molecular formula is C79H114F24O28. The molecule has 0 aromatic carbocycles. The van der Waals surface area contributed by atoms with E-state index in [1.54, 1.807) is 69.2 Å². The fourth-order valence-corrected chi connectivity index (χ4v) is 8.14. The fraction of sp³-hybridized carbons (Fsp3) is 0.823. The Morgan fingerprint density at radius 3 is 0.824 bits per heavy atom. The summed E-state index contributed by atoms with van der Waals surface area (Å²) in [6.45, 7) is 21.0. The van der Waals surface area contributed by atoms with Gasteiger partial charge in [-0.3, -0.25) is 47.9 Å². The van der Waals surface area contributed by atoms with Gasteiger partial charge in [0, 0.05) is 12.8 Å². The number of hydrogen-bond donors (Lipinski definition) is 0. The summed E-state index contributed by atoms with van der Waals surface area (Å²) in [7, 11) is 0. The quantitative estimate of drug-likeness (QED) is 0.0310. The number of carbonyl (C=O) groups is 14. The molecule has 0 aliphatic heterocycles. The van der Waals surface area contributed by atoms with Crippen LogP contribution >= 0.6 is 0 Å². The van der Waals surface area contributed by atoms with Gasteiger partial charge in [-0.25, -0.2) is 45.5 Å². The van der Waals surface area contributed by atoms with E-state index in [1.807, 2.05) is 27.7 Å². The first-order chi connectivity index (χ1) is 59.2. The van der Waals surface area contributed by atoms with Crippen molar-refractivity contribution in [3.8, 4) is 0 Å². The summed E-state index contributed by atoms with van der Waals surface area (Å²) in [5, 5.41) is 0. The van der Waals surface area contributed by atoms with Crippen molar-refractivity contribution in [3.63, 3.8) is 0 Å². The van der Waals surface area contributed by atoms with Crippen molar-refractivity contribution in [3.05, 3.63) is 0 Å². The third-order valence-electron chi connectivity index (χ3n) is 18.9. The molecule has 0 amide bonds. The Labute approximate surface area is 738 Å². The molecule has 0 aromatic rings. The topological polar surface area (TPSA) is 368 Å². The molecule has 52 heteroatoms. The SMILES string of the molecule is CCC(C)(C)C(=O)OCCC(=O)OCC1(F)C(F)(F)C(F)(F)C(F)(F)C(F)(F)C1(F)F.CCC(C)(C)C(=O)OCCC(=O)OCCC(C)(F)F.CCC(C)C(=O)OCCC(=O)OCC1(F)CC(F)(F)C(F)(F)C(F)(F)C1(F)F.CCC(C)C(=O)OCCC(=O)OCCC(C)(F)F.CCOC(=O)COC(=O)COC(=O)C(C)(C)CC.CCOC(=O)COC(=O)COC(=O)C(C)CC. The van der Waals surface area contributed by atoms with Gasteiger partial charge in [-0.05, 0) is 108 Å². The van der Waals surface area contributed by atoms with E-state index in [9.17, 15) is 172 Å². The maximum atomic E-state index is 14.3. The molecule has 2 aliphatic carbocycles. The van der Waals surface area contributed by atoms with Gasteiger partial charge in [0.25, 0.3) is 5.67 Å². The Hall–Kier alpha value is -9.10. The lowest BCUT2D eigenvalue weighted by Gasteiger charge is -2.52. The van der Waals surface area contributed by atoms with Crippen molar-refractivity contribution in [1.82, 2.24) is 0 Å². The highest BCUT2D eigenvalue weighted by molar-refractivity contribution is 5.82. The van der Waals surface area contributed by atoms with E-state index in [0.29, 0.717) is 32.1 Å². The van der Waals surface area contributed by atoms with Gasteiger partial charge in [0.05, 0.1) is 92.5 Å². The van der Waals surface area contributed by atoms with Crippen LogP contribution in [0.2, 0.25) is 0 Å². The smallest absolute Gasteiger partial charge is 0.384 e. The van der Waals surface area contributed by atoms with E-state index >= 15 is 0 Å². The van der Waals surface area contributed by atoms with Crippen molar-refractivity contribution < 1.29 is 239 Å². The van der Waals surface area contributed by atoms with Gasteiger partial charge in [0.15, 0.2) is 26.4 Å². The summed E-state index contributed by atoms with van der Waals surface area (Å²) in [6.07, 6.45) is -2.98. The van der Waals surface area contributed by atoms with Gasteiger partial charge in [-0.15, -0.1) is 0 Å². The predicted octanol–water partition coefficient (Wildman–Crippen LogP) is 16.2. The minimum atomic E-state index is -7.34. The molecule has 4 unspecified atom stereocenters. The molecule has 766 valence electrons. The van der Waals surface area contributed by atoms with E-state index in [2.05, 4.69) is 52.1 Å².